The molecule has 1 heterocycles. The number of nitrogens with two attached hydrogens (primary N) is 1. The van der Waals surface area contributed by atoms with Crippen molar-refractivity contribution in [1.82, 2.24) is 9.88 Å². The SMILES string of the molecule is COCCN(CCC(N)=S)C(=O)c1ncccc1Br. The van der Waals surface area contributed by atoms with E-state index in [0.717, 1.165) is 0 Å². The highest BCUT2D eigenvalue weighted by atomic mass is 79.9. The van der Waals surface area contributed by atoms with Crippen molar-refractivity contribution in [1.29, 1.82) is 0 Å². The first kappa shape index (κ1) is 16.0. The average molecular weight is 346 g/mol. The Labute approximate surface area is 126 Å². The molecule has 1 amide bonds. The molecular weight excluding hydrogens is 330 g/mol. The van der Waals surface area contributed by atoms with Crippen LogP contribution >= 0.6 is 28.1 Å². The molecule has 0 spiro atoms. The van der Waals surface area contributed by atoms with Crippen LogP contribution in [0.2, 0.25) is 0 Å². The summed E-state index contributed by atoms with van der Waals surface area (Å²) in [5, 5.41) is 0. The fraction of sp³-hybridized carbons (Fsp3) is 0.417. The van der Waals surface area contributed by atoms with E-state index in [9.17, 15) is 4.79 Å². The molecule has 0 aliphatic heterocycles. The molecule has 5 nitrogen and oxygen atoms in total. The molecule has 0 radical (unpaired) electrons. The van der Waals surface area contributed by atoms with Crippen LogP contribution in [0.25, 0.3) is 0 Å². The van der Waals surface area contributed by atoms with Gasteiger partial charge in [-0.15, -0.1) is 0 Å². The second-order valence-corrected chi connectivity index (χ2v) is 5.21. The number of nitrogens with zero attached hydrogens (tertiary/aromatic N) is 2. The Morgan fingerprint density at radius 3 is 2.89 bits per heavy atom. The summed E-state index contributed by atoms with van der Waals surface area (Å²) in [7, 11) is 1.59. The van der Waals surface area contributed by atoms with Crippen molar-refractivity contribution in [3.05, 3.63) is 28.5 Å². The van der Waals surface area contributed by atoms with Crippen molar-refractivity contribution in [2.75, 3.05) is 26.8 Å². The third-order valence-electron chi connectivity index (χ3n) is 2.44. The van der Waals surface area contributed by atoms with Gasteiger partial charge in [0, 0.05) is 37.3 Å². The van der Waals surface area contributed by atoms with E-state index in [1.807, 2.05) is 0 Å². The number of pyridine rings is 1. The number of amides is 1. The van der Waals surface area contributed by atoms with Crippen molar-refractivity contribution in [2.45, 2.75) is 6.42 Å². The molecule has 0 bridgehead atoms. The summed E-state index contributed by atoms with van der Waals surface area (Å²) in [5.41, 5.74) is 5.85. The van der Waals surface area contributed by atoms with Crippen molar-refractivity contribution >= 4 is 39.0 Å². The van der Waals surface area contributed by atoms with Crippen LogP contribution in [-0.4, -0.2) is 47.6 Å². The third-order valence-corrected chi connectivity index (χ3v) is 3.29. The van der Waals surface area contributed by atoms with Crippen LogP contribution < -0.4 is 5.73 Å². The molecule has 1 aromatic rings. The normalized spacial score (nSPS) is 10.2. The van der Waals surface area contributed by atoms with Crippen molar-refractivity contribution < 1.29 is 9.53 Å². The van der Waals surface area contributed by atoms with Gasteiger partial charge in [-0.3, -0.25) is 4.79 Å². The van der Waals surface area contributed by atoms with Crippen molar-refractivity contribution in [3.8, 4) is 0 Å². The van der Waals surface area contributed by atoms with E-state index >= 15 is 0 Å². The highest BCUT2D eigenvalue weighted by Gasteiger charge is 2.19. The van der Waals surface area contributed by atoms with Crippen LogP contribution in [0, 0.1) is 0 Å². The summed E-state index contributed by atoms with van der Waals surface area (Å²) in [4.78, 5) is 18.5. The smallest absolute Gasteiger partial charge is 0.273 e. The zero-order valence-corrected chi connectivity index (χ0v) is 13.0. The van der Waals surface area contributed by atoms with Crippen LogP contribution in [0.4, 0.5) is 0 Å². The van der Waals surface area contributed by atoms with Gasteiger partial charge in [-0.25, -0.2) is 4.98 Å². The van der Waals surface area contributed by atoms with Crippen LogP contribution in [0.3, 0.4) is 0 Å². The molecule has 1 rings (SSSR count). The second kappa shape index (κ2) is 8.19. The molecule has 0 atom stereocenters. The summed E-state index contributed by atoms with van der Waals surface area (Å²) < 4.78 is 5.67. The second-order valence-electron chi connectivity index (χ2n) is 3.84. The molecule has 0 aromatic carbocycles. The van der Waals surface area contributed by atoms with E-state index in [1.165, 1.54) is 0 Å². The Balaban J connectivity index is 2.81. The third kappa shape index (κ3) is 5.22. The molecule has 0 unspecified atom stereocenters. The monoisotopic (exact) mass is 345 g/mol. The summed E-state index contributed by atoms with van der Waals surface area (Å²) in [6, 6.07) is 3.54. The number of hydrogen-bond acceptors (Lipinski definition) is 4. The number of carbonyl (C=O) groups excluding carboxylic acids is 1. The van der Waals surface area contributed by atoms with Crippen LogP contribution in [0.5, 0.6) is 0 Å². The topological polar surface area (TPSA) is 68.5 Å². The fourth-order valence-electron chi connectivity index (χ4n) is 1.45. The lowest BCUT2D eigenvalue weighted by Crippen LogP contribution is -2.36. The standard InChI is InChI=1S/C12H16BrN3O2S/c1-18-8-7-16(6-4-10(14)19)12(17)11-9(13)3-2-5-15-11/h2-3,5H,4,6-8H2,1H3,(H2,14,19). The lowest BCUT2D eigenvalue weighted by atomic mass is 10.3. The number of halogens is 1. The van der Waals surface area contributed by atoms with Crippen LogP contribution in [-0.2, 0) is 4.74 Å². The predicted molar refractivity (Wildman–Crippen MR) is 81.1 cm³/mol. The first-order chi connectivity index (χ1) is 9.06. The minimum Gasteiger partial charge on any atom is -0.393 e. The lowest BCUT2D eigenvalue weighted by molar-refractivity contribution is 0.0694. The largest absolute Gasteiger partial charge is 0.393 e. The van der Waals surface area contributed by atoms with Gasteiger partial charge in [0.25, 0.3) is 5.91 Å². The molecule has 0 aliphatic rings. The highest BCUT2D eigenvalue weighted by molar-refractivity contribution is 9.10. The zero-order valence-electron chi connectivity index (χ0n) is 10.6. The van der Waals surface area contributed by atoms with Gasteiger partial charge < -0.3 is 15.4 Å². The summed E-state index contributed by atoms with van der Waals surface area (Å²) in [6.07, 6.45) is 2.06. The molecule has 104 valence electrons. The van der Waals surface area contributed by atoms with Gasteiger partial charge in [0.1, 0.15) is 5.69 Å². The van der Waals surface area contributed by atoms with E-state index < -0.39 is 0 Å². The molecule has 2 N–H and O–H groups in total. The van der Waals surface area contributed by atoms with E-state index in [4.69, 9.17) is 22.7 Å². The van der Waals surface area contributed by atoms with Gasteiger partial charge in [0.2, 0.25) is 0 Å². The molecule has 0 aliphatic carbocycles. The maximum atomic E-state index is 12.4. The van der Waals surface area contributed by atoms with Gasteiger partial charge in [0.05, 0.1) is 11.6 Å². The van der Waals surface area contributed by atoms with E-state index in [0.29, 0.717) is 41.3 Å². The minimum absolute atomic E-state index is 0.166. The first-order valence-electron chi connectivity index (χ1n) is 5.73. The number of carbonyl (C=O) groups is 1. The molecule has 7 heteroatoms. The number of hydrogen-bond donors (Lipinski definition) is 1. The summed E-state index contributed by atoms with van der Waals surface area (Å²) >= 11 is 8.16. The van der Waals surface area contributed by atoms with Gasteiger partial charge in [-0.05, 0) is 28.1 Å². The van der Waals surface area contributed by atoms with Crippen LogP contribution in [0.15, 0.2) is 22.8 Å². The highest BCUT2D eigenvalue weighted by Crippen LogP contribution is 2.15. The Morgan fingerprint density at radius 1 is 1.58 bits per heavy atom. The van der Waals surface area contributed by atoms with Gasteiger partial charge in [0.15, 0.2) is 0 Å². The number of methoxy groups -OCH3 is 1. The Bertz CT molecular complexity index is 456. The van der Waals surface area contributed by atoms with Gasteiger partial charge in [-0.1, -0.05) is 12.2 Å². The molecular formula is C12H16BrN3O2S. The number of thiocarbonyl (C=S) groups is 1. The van der Waals surface area contributed by atoms with Crippen molar-refractivity contribution in [2.24, 2.45) is 5.73 Å². The molecule has 0 saturated heterocycles. The van der Waals surface area contributed by atoms with E-state index in [-0.39, 0.29) is 5.91 Å². The van der Waals surface area contributed by atoms with Crippen molar-refractivity contribution in [3.63, 3.8) is 0 Å². The summed E-state index contributed by atoms with van der Waals surface area (Å²) in [6.45, 7) is 1.38. The van der Waals surface area contributed by atoms with Crippen LogP contribution in [0.1, 0.15) is 16.9 Å². The summed E-state index contributed by atoms with van der Waals surface area (Å²) in [5.74, 6) is -0.166. The number of rotatable bonds is 7. The Morgan fingerprint density at radius 2 is 2.32 bits per heavy atom. The molecule has 1 aromatic heterocycles. The maximum Gasteiger partial charge on any atom is 0.273 e. The Kier molecular flexibility index (Phi) is 6.90. The van der Waals surface area contributed by atoms with Gasteiger partial charge in [-0.2, -0.15) is 0 Å². The average Bonchev–Trinajstić information content (AvgIpc) is 2.38. The molecule has 19 heavy (non-hydrogen) atoms. The number of aromatic nitrogens is 1. The van der Waals surface area contributed by atoms with E-state index in [1.54, 1.807) is 30.3 Å². The zero-order chi connectivity index (χ0) is 14.3. The fourth-order valence-corrected chi connectivity index (χ4v) is 1.97. The van der Waals surface area contributed by atoms with E-state index in [2.05, 4.69) is 20.9 Å². The maximum absolute atomic E-state index is 12.4. The number of ether oxygens (including phenoxy) is 1. The first-order valence-corrected chi connectivity index (χ1v) is 6.93. The minimum atomic E-state index is -0.166. The Hall–Kier alpha value is -1.05. The predicted octanol–water partition coefficient (Wildman–Crippen LogP) is 1.61. The van der Waals surface area contributed by atoms with Gasteiger partial charge >= 0.3 is 0 Å². The quantitative estimate of drug-likeness (QED) is 0.760. The molecule has 0 saturated carbocycles. The molecule has 0 fully saturated rings. The lowest BCUT2D eigenvalue weighted by Gasteiger charge is -2.22.